The molecule has 21 heavy (non-hydrogen) atoms. The second kappa shape index (κ2) is 6.80. The van der Waals surface area contributed by atoms with Crippen molar-refractivity contribution in [1.82, 2.24) is 4.90 Å². The summed E-state index contributed by atoms with van der Waals surface area (Å²) in [4.78, 5) is 26.1. The van der Waals surface area contributed by atoms with Crippen LogP contribution in [0.3, 0.4) is 0 Å². The summed E-state index contributed by atoms with van der Waals surface area (Å²) in [5.74, 6) is 0.648. The van der Waals surface area contributed by atoms with Gasteiger partial charge in [0.1, 0.15) is 0 Å². The fraction of sp³-hybridized carbons (Fsp3) is 0.882. The van der Waals surface area contributed by atoms with E-state index in [-0.39, 0.29) is 12.3 Å². The number of carboxylic acid groups (broad SMARTS) is 1. The number of hydrogen-bond donors (Lipinski definition) is 1. The van der Waals surface area contributed by atoms with Gasteiger partial charge in [0.15, 0.2) is 0 Å². The molecular formula is C17H29NO3. The van der Waals surface area contributed by atoms with Gasteiger partial charge in [-0.15, -0.1) is 0 Å². The molecule has 4 nitrogen and oxygen atoms in total. The minimum Gasteiger partial charge on any atom is -0.481 e. The quantitative estimate of drug-likeness (QED) is 0.865. The maximum absolute atomic E-state index is 12.6. The Kier molecular flexibility index (Phi) is 5.28. The Morgan fingerprint density at radius 2 is 1.81 bits per heavy atom. The minimum absolute atomic E-state index is 0.0590. The molecule has 1 heterocycles. The molecule has 4 heteroatoms. The Bertz CT molecular complexity index is 385. The van der Waals surface area contributed by atoms with E-state index in [1.165, 1.54) is 6.42 Å². The minimum atomic E-state index is -0.777. The molecule has 0 aromatic rings. The second-order valence-corrected chi connectivity index (χ2v) is 7.29. The van der Waals surface area contributed by atoms with Crippen LogP contribution in [-0.2, 0) is 9.59 Å². The van der Waals surface area contributed by atoms with Gasteiger partial charge in [-0.2, -0.15) is 0 Å². The highest BCUT2D eigenvalue weighted by Gasteiger charge is 2.43. The van der Waals surface area contributed by atoms with Crippen LogP contribution in [0.4, 0.5) is 0 Å². The summed E-state index contributed by atoms with van der Waals surface area (Å²) < 4.78 is 0. The first-order valence-electron chi connectivity index (χ1n) is 8.46. The average molecular weight is 295 g/mol. The molecule has 0 spiro atoms. The number of amides is 1. The van der Waals surface area contributed by atoms with Gasteiger partial charge >= 0.3 is 5.97 Å². The van der Waals surface area contributed by atoms with Gasteiger partial charge in [0.05, 0.1) is 5.41 Å². The summed E-state index contributed by atoms with van der Waals surface area (Å²) in [7, 11) is 0. The molecular weight excluding hydrogens is 266 g/mol. The largest absolute Gasteiger partial charge is 0.481 e. The van der Waals surface area contributed by atoms with Crippen LogP contribution in [0.5, 0.6) is 0 Å². The number of carbonyl (C=O) groups excluding carboxylic acids is 1. The summed E-state index contributed by atoms with van der Waals surface area (Å²) in [6.45, 7) is 6.11. The summed E-state index contributed by atoms with van der Waals surface area (Å²) in [6, 6.07) is 0. The van der Waals surface area contributed by atoms with Crippen LogP contribution in [-0.4, -0.2) is 35.0 Å². The third kappa shape index (κ3) is 3.78. The van der Waals surface area contributed by atoms with E-state index in [0.29, 0.717) is 24.7 Å². The molecule has 0 radical (unpaired) electrons. The van der Waals surface area contributed by atoms with Gasteiger partial charge in [0, 0.05) is 19.5 Å². The van der Waals surface area contributed by atoms with Crippen LogP contribution >= 0.6 is 0 Å². The second-order valence-electron chi connectivity index (χ2n) is 7.29. The van der Waals surface area contributed by atoms with Crippen molar-refractivity contribution in [3.05, 3.63) is 0 Å². The summed E-state index contributed by atoms with van der Waals surface area (Å²) in [5, 5.41) is 9.51. The number of carbonyl (C=O) groups is 2. The molecule has 1 unspecified atom stereocenters. The summed E-state index contributed by atoms with van der Waals surface area (Å²) in [6.07, 6.45) is 6.70. The van der Waals surface area contributed by atoms with Gasteiger partial charge in [-0.25, -0.2) is 0 Å². The summed E-state index contributed by atoms with van der Waals surface area (Å²) in [5.41, 5.74) is -0.777. The highest BCUT2D eigenvalue weighted by Crippen LogP contribution is 2.42. The molecule has 1 N–H and O–H groups in total. The predicted molar refractivity (Wildman–Crippen MR) is 81.9 cm³/mol. The molecule has 120 valence electrons. The van der Waals surface area contributed by atoms with E-state index in [0.717, 1.165) is 38.8 Å². The van der Waals surface area contributed by atoms with Crippen molar-refractivity contribution in [2.75, 3.05) is 13.1 Å². The Morgan fingerprint density at radius 3 is 2.38 bits per heavy atom. The zero-order valence-corrected chi connectivity index (χ0v) is 13.4. The first kappa shape index (κ1) is 16.3. The number of carboxylic acids is 1. The molecule has 1 amide bonds. The van der Waals surface area contributed by atoms with Gasteiger partial charge in [0.2, 0.25) is 5.91 Å². The van der Waals surface area contributed by atoms with Crippen molar-refractivity contribution in [3.8, 4) is 0 Å². The molecule has 2 rings (SSSR count). The van der Waals surface area contributed by atoms with E-state index in [2.05, 4.69) is 13.8 Å². The molecule has 1 atom stereocenters. The van der Waals surface area contributed by atoms with Gasteiger partial charge < -0.3 is 10.0 Å². The lowest BCUT2D eigenvalue weighted by Crippen LogP contribution is -2.39. The van der Waals surface area contributed by atoms with Crippen LogP contribution < -0.4 is 0 Å². The van der Waals surface area contributed by atoms with Gasteiger partial charge in [-0.1, -0.05) is 26.7 Å². The Labute approximate surface area is 127 Å². The Hall–Kier alpha value is -1.06. The topological polar surface area (TPSA) is 57.6 Å². The molecule has 1 saturated carbocycles. The highest BCUT2D eigenvalue weighted by molar-refractivity contribution is 5.85. The van der Waals surface area contributed by atoms with E-state index in [4.69, 9.17) is 0 Å². The van der Waals surface area contributed by atoms with Crippen molar-refractivity contribution in [3.63, 3.8) is 0 Å². The molecule has 1 aliphatic carbocycles. The van der Waals surface area contributed by atoms with E-state index >= 15 is 0 Å². The summed E-state index contributed by atoms with van der Waals surface area (Å²) >= 11 is 0. The number of likely N-dealkylation sites (tertiary alicyclic amines) is 1. The molecule has 2 aliphatic rings. The number of aliphatic carboxylic acids is 1. The standard InChI is InChI=1S/C17H29NO3/c1-13(2)14-6-5-10-18(11-7-14)15(19)12-17(16(20)21)8-3-4-9-17/h13-14H,3-12H2,1-2H3,(H,20,21). The predicted octanol–water partition coefficient (Wildman–Crippen LogP) is 3.31. The molecule has 0 bridgehead atoms. The van der Waals surface area contributed by atoms with Crippen molar-refractivity contribution < 1.29 is 14.7 Å². The number of nitrogens with zero attached hydrogens (tertiary/aromatic N) is 1. The zero-order valence-electron chi connectivity index (χ0n) is 13.4. The highest BCUT2D eigenvalue weighted by atomic mass is 16.4. The molecule has 0 aromatic carbocycles. The fourth-order valence-electron chi connectivity index (χ4n) is 3.96. The van der Waals surface area contributed by atoms with Crippen molar-refractivity contribution in [1.29, 1.82) is 0 Å². The van der Waals surface area contributed by atoms with Crippen molar-refractivity contribution in [2.24, 2.45) is 17.3 Å². The molecule has 1 saturated heterocycles. The van der Waals surface area contributed by atoms with E-state index in [1.807, 2.05) is 4.90 Å². The van der Waals surface area contributed by atoms with Gasteiger partial charge in [-0.05, 0) is 43.9 Å². The normalized spacial score (nSPS) is 25.9. The lowest BCUT2D eigenvalue weighted by Gasteiger charge is -2.28. The molecule has 0 aromatic heterocycles. The Balaban J connectivity index is 1.95. The molecule has 1 aliphatic heterocycles. The fourth-order valence-corrected chi connectivity index (χ4v) is 3.96. The van der Waals surface area contributed by atoms with Crippen LogP contribution in [0.15, 0.2) is 0 Å². The van der Waals surface area contributed by atoms with E-state index in [9.17, 15) is 14.7 Å². The third-order valence-electron chi connectivity index (χ3n) is 5.57. The van der Waals surface area contributed by atoms with E-state index in [1.54, 1.807) is 0 Å². The Morgan fingerprint density at radius 1 is 1.14 bits per heavy atom. The van der Waals surface area contributed by atoms with Crippen LogP contribution in [0.1, 0.15) is 65.2 Å². The number of hydrogen-bond acceptors (Lipinski definition) is 2. The van der Waals surface area contributed by atoms with Crippen molar-refractivity contribution >= 4 is 11.9 Å². The van der Waals surface area contributed by atoms with Crippen LogP contribution in [0.2, 0.25) is 0 Å². The van der Waals surface area contributed by atoms with Crippen molar-refractivity contribution in [2.45, 2.75) is 65.2 Å². The van der Waals surface area contributed by atoms with Gasteiger partial charge in [0.25, 0.3) is 0 Å². The maximum atomic E-state index is 12.6. The average Bonchev–Trinajstić information content (AvgIpc) is 2.75. The third-order valence-corrected chi connectivity index (χ3v) is 5.57. The lowest BCUT2D eigenvalue weighted by atomic mass is 9.82. The zero-order chi connectivity index (χ0) is 15.5. The first-order chi connectivity index (χ1) is 9.94. The number of rotatable bonds is 4. The first-order valence-corrected chi connectivity index (χ1v) is 8.46. The smallest absolute Gasteiger partial charge is 0.310 e. The SMILES string of the molecule is CC(C)C1CCCN(C(=O)CC2(C(=O)O)CCCC2)CC1. The monoisotopic (exact) mass is 295 g/mol. The maximum Gasteiger partial charge on any atom is 0.310 e. The lowest BCUT2D eigenvalue weighted by molar-refractivity contribution is -0.153. The van der Waals surface area contributed by atoms with E-state index < -0.39 is 11.4 Å². The van der Waals surface area contributed by atoms with Gasteiger partial charge in [-0.3, -0.25) is 9.59 Å². The van der Waals surface area contributed by atoms with Crippen LogP contribution in [0.25, 0.3) is 0 Å². The van der Waals surface area contributed by atoms with Crippen LogP contribution in [0, 0.1) is 17.3 Å². The molecule has 2 fully saturated rings.